The van der Waals surface area contributed by atoms with E-state index in [9.17, 15) is 18.0 Å². The number of anilines is 1. The van der Waals surface area contributed by atoms with Gasteiger partial charge in [0, 0.05) is 18.0 Å². The van der Waals surface area contributed by atoms with Gasteiger partial charge in [0.25, 0.3) is 5.91 Å². The van der Waals surface area contributed by atoms with Crippen LogP contribution in [0.3, 0.4) is 0 Å². The van der Waals surface area contributed by atoms with Crippen molar-refractivity contribution in [2.75, 3.05) is 24.8 Å². The molecular formula is C19H19NO7S. The number of rotatable bonds is 5. The maximum atomic E-state index is 12.3. The van der Waals surface area contributed by atoms with Gasteiger partial charge in [-0.2, -0.15) is 0 Å². The summed E-state index contributed by atoms with van der Waals surface area (Å²) in [4.78, 5) is 24.6. The number of esters is 1. The number of carbonyl (C=O) groups is 2. The minimum atomic E-state index is -3.46. The number of sulfone groups is 1. The Balaban J connectivity index is 1.65. The Bertz CT molecular complexity index is 1020. The van der Waals surface area contributed by atoms with E-state index in [4.69, 9.17) is 14.2 Å². The van der Waals surface area contributed by atoms with E-state index in [1.165, 1.54) is 31.2 Å². The Labute approximate surface area is 162 Å². The van der Waals surface area contributed by atoms with Crippen molar-refractivity contribution < 1.29 is 32.2 Å². The minimum Gasteiger partial charge on any atom is -0.486 e. The summed E-state index contributed by atoms with van der Waals surface area (Å²) in [5.74, 6) is -0.222. The Morgan fingerprint density at radius 3 is 2.50 bits per heavy atom. The molecule has 0 spiro atoms. The molecular weight excluding hydrogens is 386 g/mol. The van der Waals surface area contributed by atoms with Gasteiger partial charge in [0.05, 0.1) is 10.5 Å². The molecule has 28 heavy (non-hydrogen) atoms. The molecule has 1 heterocycles. The maximum Gasteiger partial charge on any atom is 0.338 e. The molecule has 3 rings (SSSR count). The summed E-state index contributed by atoms with van der Waals surface area (Å²) < 4.78 is 39.2. The fourth-order valence-corrected chi connectivity index (χ4v) is 3.17. The molecule has 0 aromatic heterocycles. The first-order chi connectivity index (χ1) is 13.2. The zero-order valence-electron chi connectivity index (χ0n) is 15.3. The van der Waals surface area contributed by atoms with Crippen LogP contribution < -0.4 is 14.8 Å². The van der Waals surface area contributed by atoms with E-state index < -0.39 is 27.8 Å². The second-order valence-corrected chi connectivity index (χ2v) is 8.21. The van der Waals surface area contributed by atoms with E-state index in [1.54, 1.807) is 18.2 Å². The van der Waals surface area contributed by atoms with E-state index in [0.717, 1.165) is 6.26 Å². The van der Waals surface area contributed by atoms with E-state index in [0.29, 0.717) is 30.4 Å². The van der Waals surface area contributed by atoms with Crippen molar-refractivity contribution in [1.82, 2.24) is 0 Å². The predicted octanol–water partition coefficient (Wildman–Crippen LogP) is 2.05. The molecule has 1 N–H and O–H groups in total. The molecule has 1 unspecified atom stereocenters. The van der Waals surface area contributed by atoms with Crippen LogP contribution in [0.2, 0.25) is 0 Å². The second-order valence-electron chi connectivity index (χ2n) is 6.20. The fraction of sp³-hybridized carbons (Fsp3) is 0.263. The normalized spacial score (nSPS) is 14.1. The molecule has 1 aliphatic rings. The van der Waals surface area contributed by atoms with Crippen LogP contribution in [-0.2, 0) is 19.4 Å². The Kier molecular flexibility index (Phi) is 5.55. The minimum absolute atomic E-state index is 0.00432. The summed E-state index contributed by atoms with van der Waals surface area (Å²) in [5.41, 5.74) is 0.512. The number of amides is 1. The highest BCUT2D eigenvalue weighted by atomic mass is 32.2. The van der Waals surface area contributed by atoms with E-state index >= 15 is 0 Å². The van der Waals surface area contributed by atoms with Gasteiger partial charge >= 0.3 is 5.97 Å². The molecule has 1 atom stereocenters. The number of hydrogen-bond donors (Lipinski definition) is 1. The van der Waals surface area contributed by atoms with Crippen molar-refractivity contribution in [3.8, 4) is 11.5 Å². The third-order valence-corrected chi connectivity index (χ3v) is 5.07. The molecule has 9 heteroatoms. The van der Waals surface area contributed by atoms with Crippen LogP contribution in [0.4, 0.5) is 5.69 Å². The molecule has 0 saturated carbocycles. The fourth-order valence-electron chi connectivity index (χ4n) is 2.50. The topological polar surface area (TPSA) is 108 Å². The summed E-state index contributed by atoms with van der Waals surface area (Å²) in [7, 11) is -3.46. The summed E-state index contributed by atoms with van der Waals surface area (Å²) in [6, 6.07) is 10.4. The molecule has 1 amide bonds. The summed E-state index contributed by atoms with van der Waals surface area (Å²) in [6.07, 6.45) is -0.0523. The Hall–Kier alpha value is -3.07. The van der Waals surface area contributed by atoms with Gasteiger partial charge in [0.15, 0.2) is 27.4 Å². The number of fused-ring (bicyclic) bond motifs is 1. The Morgan fingerprint density at radius 1 is 1.07 bits per heavy atom. The van der Waals surface area contributed by atoms with Gasteiger partial charge in [-0.1, -0.05) is 6.07 Å². The van der Waals surface area contributed by atoms with Crippen molar-refractivity contribution in [3.63, 3.8) is 0 Å². The highest BCUT2D eigenvalue weighted by Crippen LogP contribution is 2.32. The third-order valence-electron chi connectivity index (χ3n) is 3.96. The van der Waals surface area contributed by atoms with Crippen molar-refractivity contribution in [2.24, 2.45) is 0 Å². The van der Waals surface area contributed by atoms with Crippen molar-refractivity contribution in [1.29, 1.82) is 0 Å². The van der Waals surface area contributed by atoms with Gasteiger partial charge in [-0.05, 0) is 37.3 Å². The number of ether oxygens (including phenoxy) is 3. The first kappa shape index (κ1) is 19.7. The lowest BCUT2D eigenvalue weighted by molar-refractivity contribution is -0.123. The molecule has 0 radical (unpaired) electrons. The lowest BCUT2D eigenvalue weighted by Crippen LogP contribution is -2.30. The van der Waals surface area contributed by atoms with E-state index in [1.807, 2.05) is 0 Å². The van der Waals surface area contributed by atoms with Gasteiger partial charge in [0.2, 0.25) is 0 Å². The van der Waals surface area contributed by atoms with Crippen molar-refractivity contribution >= 4 is 27.4 Å². The summed E-state index contributed by atoms with van der Waals surface area (Å²) in [6.45, 7) is 2.31. The van der Waals surface area contributed by atoms with Crippen LogP contribution in [0.1, 0.15) is 17.3 Å². The SMILES string of the molecule is CC(OC(=O)c1cccc(S(C)(=O)=O)c1)C(=O)Nc1ccc2c(c1)OCCO2. The van der Waals surface area contributed by atoms with Crippen LogP contribution in [0.5, 0.6) is 11.5 Å². The largest absolute Gasteiger partial charge is 0.486 e. The molecule has 2 aromatic carbocycles. The predicted molar refractivity (Wildman–Crippen MR) is 100 cm³/mol. The van der Waals surface area contributed by atoms with Gasteiger partial charge in [-0.25, -0.2) is 13.2 Å². The number of nitrogens with one attached hydrogen (secondary N) is 1. The van der Waals surface area contributed by atoms with E-state index in [-0.39, 0.29) is 10.5 Å². The smallest absolute Gasteiger partial charge is 0.338 e. The lowest BCUT2D eigenvalue weighted by Gasteiger charge is -2.19. The van der Waals surface area contributed by atoms with Crippen molar-refractivity contribution in [3.05, 3.63) is 48.0 Å². The van der Waals surface area contributed by atoms with E-state index in [2.05, 4.69) is 5.32 Å². The number of carbonyl (C=O) groups excluding carboxylic acids is 2. The maximum absolute atomic E-state index is 12.3. The molecule has 0 fully saturated rings. The zero-order chi connectivity index (χ0) is 20.3. The highest BCUT2D eigenvalue weighted by molar-refractivity contribution is 7.90. The standard InChI is InChI=1S/C19H19NO7S/c1-12(27-19(22)13-4-3-5-15(10-13)28(2,23)24)18(21)20-14-6-7-16-17(11-14)26-9-8-25-16/h3-7,10-12H,8-9H2,1-2H3,(H,20,21). The third kappa shape index (κ3) is 4.61. The highest BCUT2D eigenvalue weighted by Gasteiger charge is 2.21. The van der Waals surface area contributed by atoms with Crippen LogP contribution in [0, 0.1) is 0 Å². The van der Waals surface area contributed by atoms with Gasteiger partial charge < -0.3 is 19.5 Å². The first-order valence-electron chi connectivity index (χ1n) is 8.45. The molecule has 8 nitrogen and oxygen atoms in total. The number of benzene rings is 2. The first-order valence-corrected chi connectivity index (χ1v) is 10.3. The molecule has 0 bridgehead atoms. The second kappa shape index (κ2) is 7.89. The monoisotopic (exact) mass is 405 g/mol. The molecule has 0 aliphatic carbocycles. The molecule has 0 saturated heterocycles. The molecule has 2 aromatic rings. The van der Waals surface area contributed by atoms with Crippen LogP contribution in [0.25, 0.3) is 0 Å². The lowest BCUT2D eigenvalue weighted by atomic mass is 10.2. The van der Waals surface area contributed by atoms with Crippen LogP contribution in [-0.4, -0.2) is 45.9 Å². The average Bonchev–Trinajstić information content (AvgIpc) is 2.67. The Morgan fingerprint density at radius 2 is 1.79 bits per heavy atom. The van der Waals surface area contributed by atoms with Gasteiger partial charge in [-0.15, -0.1) is 0 Å². The van der Waals surface area contributed by atoms with Crippen LogP contribution >= 0.6 is 0 Å². The molecule has 148 valence electrons. The zero-order valence-corrected chi connectivity index (χ0v) is 16.1. The average molecular weight is 405 g/mol. The van der Waals surface area contributed by atoms with Crippen LogP contribution in [0.15, 0.2) is 47.4 Å². The summed E-state index contributed by atoms with van der Waals surface area (Å²) in [5, 5.41) is 2.64. The van der Waals surface area contributed by atoms with Crippen molar-refractivity contribution in [2.45, 2.75) is 17.9 Å². The van der Waals surface area contributed by atoms with Gasteiger partial charge in [-0.3, -0.25) is 4.79 Å². The molecule has 1 aliphatic heterocycles. The summed E-state index contributed by atoms with van der Waals surface area (Å²) >= 11 is 0. The van der Waals surface area contributed by atoms with Gasteiger partial charge in [0.1, 0.15) is 13.2 Å². The quantitative estimate of drug-likeness (QED) is 0.759. The number of hydrogen-bond acceptors (Lipinski definition) is 7.